The Bertz CT molecular complexity index is 1020. The summed E-state index contributed by atoms with van der Waals surface area (Å²) in [4.78, 5) is 39.9. The molecule has 0 spiro atoms. The summed E-state index contributed by atoms with van der Waals surface area (Å²) < 4.78 is 14.9. The van der Waals surface area contributed by atoms with Crippen LogP contribution in [-0.2, 0) is 19.1 Å². The summed E-state index contributed by atoms with van der Waals surface area (Å²) >= 11 is 12.3. The lowest BCUT2D eigenvalue weighted by atomic mass is 10.0. The van der Waals surface area contributed by atoms with Gasteiger partial charge in [-0.2, -0.15) is 4.79 Å². The average molecular weight is 465 g/mol. The Morgan fingerprint density at radius 3 is 2.32 bits per heavy atom. The molecule has 2 amide bonds. The molecule has 7 nitrogen and oxygen atoms in total. The summed E-state index contributed by atoms with van der Waals surface area (Å²) in [5, 5.41) is 0.334. The molecule has 0 aliphatic carbocycles. The first-order valence-corrected chi connectivity index (χ1v) is 9.98. The predicted molar refractivity (Wildman–Crippen MR) is 116 cm³/mol. The molecule has 1 heterocycles. The normalized spacial score (nSPS) is 23.7. The van der Waals surface area contributed by atoms with E-state index in [1.54, 1.807) is 30.3 Å². The number of hydrogen-bond donors (Lipinski definition) is 0. The SMILES string of the molecule is C=CC1(C)OC(=O)[N+](c2cc(Cl)cc(Cl)c2)(C(COc2ccccc2)C(=O)OC)C1=O. The number of rotatable bonds is 7. The Kier molecular flexibility index (Phi) is 6.40. The van der Waals surface area contributed by atoms with Crippen molar-refractivity contribution in [2.45, 2.75) is 18.6 Å². The Labute approximate surface area is 189 Å². The topological polar surface area (TPSA) is 78.9 Å². The Hall–Kier alpha value is -2.87. The van der Waals surface area contributed by atoms with Crippen LogP contribution >= 0.6 is 23.2 Å². The largest absolute Gasteiger partial charge is 0.531 e. The second-order valence-electron chi connectivity index (χ2n) is 7.00. The summed E-state index contributed by atoms with van der Waals surface area (Å²) in [5.41, 5.74) is -1.64. The molecule has 2 aromatic carbocycles. The molecule has 0 bridgehead atoms. The van der Waals surface area contributed by atoms with Crippen LogP contribution in [0.4, 0.5) is 10.5 Å². The smallest absolute Gasteiger partial charge is 0.487 e. The minimum absolute atomic E-state index is 0.0464. The third-order valence-corrected chi connectivity index (χ3v) is 5.50. The second kappa shape index (κ2) is 8.70. The van der Waals surface area contributed by atoms with Crippen molar-refractivity contribution in [3.63, 3.8) is 0 Å². The molecule has 0 N–H and O–H groups in total. The van der Waals surface area contributed by atoms with Crippen LogP contribution in [0, 0.1) is 0 Å². The zero-order valence-corrected chi connectivity index (χ0v) is 18.4. The minimum Gasteiger partial charge on any atom is -0.487 e. The number of nitrogens with zero attached hydrogens (tertiary/aromatic N) is 1. The predicted octanol–water partition coefficient (Wildman–Crippen LogP) is 4.54. The van der Waals surface area contributed by atoms with Crippen molar-refractivity contribution >= 4 is 46.9 Å². The van der Waals surface area contributed by atoms with Gasteiger partial charge in [-0.3, -0.25) is 0 Å². The second-order valence-corrected chi connectivity index (χ2v) is 7.87. The Balaban J connectivity index is 2.22. The van der Waals surface area contributed by atoms with Gasteiger partial charge < -0.3 is 14.2 Å². The number of benzene rings is 2. The van der Waals surface area contributed by atoms with Crippen LogP contribution in [0.5, 0.6) is 5.75 Å². The lowest BCUT2D eigenvalue weighted by Crippen LogP contribution is -2.67. The molecule has 1 aliphatic rings. The first-order chi connectivity index (χ1) is 14.7. The van der Waals surface area contributed by atoms with E-state index in [-0.39, 0.29) is 22.3 Å². The maximum atomic E-state index is 13.7. The van der Waals surface area contributed by atoms with E-state index in [1.807, 2.05) is 0 Å². The molecule has 3 atom stereocenters. The average Bonchev–Trinajstić information content (AvgIpc) is 2.95. The van der Waals surface area contributed by atoms with E-state index in [9.17, 15) is 14.4 Å². The summed E-state index contributed by atoms with van der Waals surface area (Å²) in [5.74, 6) is -1.17. The van der Waals surface area contributed by atoms with Crippen LogP contribution in [0.3, 0.4) is 0 Å². The number of methoxy groups -OCH3 is 1. The van der Waals surface area contributed by atoms with Gasteiger partial charge in [0.25, 0.3) is 0 Å². The van der Waals surface area contributed by atoms with Crippen molar-refractivity contribution < 1.29 is 28.6 Å². The van der Waals surface area contributed by atoms with Crippen LogP contribution in [-0.4, -0.2) is 43.3 Å². The highest BCUT2D eigenvalue weighted by Gasteiger charge is 2.70. The quantitative estimate of drug-likeness (QED) is 0.339. The highest BCUT2D eigenvalue weighted by Crippen LogP contribution is 2.42. The van der Waals surface area contributed by atoms with Crippen molar-refractivity contribution in [1.29, 1.82) is 0 Å². The fourth-order valence-electron chi connectivity index (χ4n) is 3.44. The van der Waals surface area contributed by atoms with Crippen molar-refractivity contribution in [1.82, 2.24) is 4.48 Å². The molecule has 1 saturated heterocycles. The minimum atomic E-state index is -1.69. The lowest BCUT2D eigenvalue weighted by Gasteiger charge is -2.32. The number of esters is 1. The molecule has 162 valence electrons. The zero-order valence-electron chi connectivity index (χ0n) is 16.8. The molecule has 1 aliphatic heterocycles. The first-order valence-electron chi connectivity index (χ1n) is 9.22. The molecule has 0 radical (unpaired) electrons. The van der Waals surface area contributed by atoms with Gasteiger partial charge in [0.05, 0.1) is 7.11 Å². The number of ether oxygens (including phenoxy) is 3. The van der Waals surface area contributed by atoms with E-state index in [1.165, 1.54) is 31.2 Å². The fraction of sp³-hybridized carbons (Fsp3) is 0.227. The summed E-state index contributed by atoms with van der Waals surface area (Å²) in [6.45, 7) is 4.63. The number of imide groups is 1. The molecular formula is C22H20Cl2NO6+. The van der Waals surface area contributed by atoms with Crippen molar-refractivity contribution in [3.8, 4) is 5.75 Å². The third kappa shape index (κ3) is 3.92. The Morgan fingerprint density at radius 2 is 1.81 bits per heavy atom. The number of para-hydroxylation sites is 1. The van der Waals surface area contributed by atoms with Gasteiger partial charge in [-0.05, 0) is 31.2 Å². The Morgan fingerprint density at radius 1 is 1.19 bits per heavy atom. The van der Waals surface area contributed by atoms with E-state index in [2.05, 4.69) is 6.58 Å². The maximum absolute atomic E-state index is 13.7. The maximum Gasteiger partial charge on any atom is 0.531 e. The van der Waals surface area contributed by atoms with Crippen molar-refractivity contribution in [3.05, 3.63) is 71.2 Å². The highest BCUT2D eigenvalue weighted by molar-refractivity contribution is 6.35. The molecule has 3 rings (SSSR count). The number of hydrogen-bond acceptors (Lipinski definition) is 6. The molecule has 0 aromatic heterocycles. The number of amides is 2. The molecule has 31 heavy (non-hydrogen) atoms. The van der Waals surface area contributed by atoms with Gasteiger partial charge in [-0.1, -0.05) is 48.0 Å². The third-order valence-electron chi connectivity index (χ3n) is 5.07. The molecule has 2 aromatic rings. The molecule has 3 unspecified atom stereocenters. The molecular weight excluding hydrogens is 445 g/mol. The van der Waals surface area contributed by atoms with Crippen LogP contribution in [0.25, 0.3) is 0 Å². The van der Waals surface area contributed by atoms with E-state index < -0.39 is 34.1 Å². The van der Waals surface area contributed by atoms with Gasteiger partial charge >= 0.3 is 18.0 Å². The molecule has 0 saturated carbocycles. The number of halogens is 2. The van der Waals surface area contributed by atoms with Gasteiger partial charge in [0.2, 0.25) is 11.6 Å². The summed E-state index contributed by atoms with van der Waals surface area (Å²) in [7, 11) is 1.15. The van der Waals surface area contributed by atoms with E-state index in [4.69, 9.17) is 37.4 Å². The first kappa shape index (κ1) is 22.8. The van der Waals surface area contributed by atoms with Gasteiger partial charge in [0.15, 0.2) is 12.3 Å². The van der Waals surface area contributed by atoms with Crippen LogP contribution < -0.4 is 9.22 Å². The van der Waals surface area contributed by atoms with Gasteiger partial charge in [0, 0.05) is 22.2 Å². The lowest BCUT2D eigenvalue weighted by molar-refractivity contribution is -0.151. The highest BCUT2D eigenvalue weighted by atomic mass is 35.5. The van der Waals surface area contributed by atoms with E-state index in [0.29, 0.717) is 5.75 Å². The van der Waals surface area contributed by atoms with Gasteiger partial charge in [-0.25, -0.2) is 9.59 Å². The summed E-state index contributed by atoms with van der Waals surface area (Å²) in [6.07, 6.45) is 0.198. The van der Waals surface area contributed by atoms with E-state index >= 15 is 0 Å². The van der Waals surface area contributed by atoms with Crippen LogP contribution in [0.15, 0.2) is 61.2 Å². The zero-order chi connectivity index (χ0) is 22.8. The molecule has 9 heteroatoms. The number of carbonyl (C=O) groups excluding carboxylic acids is 3. The fourth-order valence-corrected chi connectivity index (χ4v) is 3.95. The van der Waals surface area contributed by atoms with E-state index in [0.717, 1.165) is 7.11 Å². The number of cyclic esters (lactones) is 1. The van der Waals surface area contributed by atoms with Crippen LogP contribution in [0.1, 0.15) is 6.92 Å². The van der Waals surface area contributed by atoms with Crippen LogP contribution in [0.2, 0.25) is 10.0 Å². The van der Waals surface area contributed by atoms with Gasteiger partial charge in [-0.15, -0.1) is 4.48 Å². The van der Waals surface area contributed by atoms with Gasteiger partial charge in [0.1, 0.15) is 5.75 Å². The number of quaternary nitrogens is 1. The summed E-state index contributed by atoms with van der Waals surface area (Å²) in [6, 6.07) is 11.4. The molecule has 1 fully saturated rings. The van der Waals surface area contributed by atoms with Crippen molar-refractivity contribution in [2.24, 2.45) is 0 Å². The monoisotopic (exact) mass is 464 g/mol. The van der Waals surface area contributed by atoms with Crippen molar-refractivity contribution in [2.75, 3.05) is 13.7 Å². The standard InChI is InChI=1S/C22H20Cl2NO6/c1-4-22(2)20(27)25(21(28)31-22,16-11-14(23)10-15(24)12-16)18(19(26)29-3)13-30-17-8-6-5-7-9-17/h4-12,18H,1,13H2,2-3H3/q+1. The number of carbonyl (C=O) groups is 3.